The van der Waals surface area contributed by atoms with Gasteiger partial charge in [0, 0.05) is 7.11 Å². The van der Waals surface area contributed by atoms with Crippen LogP contribution in [-0.2, 0) is 9.47 Å². The van der Waals surface area contributed by atoms with Crippen molar-refractivity contribution in [2.45, 2.75) is 32.3 Å². The maximum Gasteiger partial charge on any atom is 0.232 e. The van der Waals surface area contributed by atoms with E-state index in [1.54, 1.807) is 7.11 Å². The van der Waals surface area contributed by atoms with Gasteiger partial charge >= 0.3 is 0 Å². The van der Waals surface area contributed by atoms with Gasteiger partial charge < -0.3 is 14.3 Å². The Bertz CT molecular complexity index is 292. The van der Waals surface area contributed by atoms with E-state index in [9.17, 15) is 4.80 Å². The van der Waals surface area contributed by atoms with Crippen LogP contribution in [0.2, 0.25) is 0 Å². The first-order valence-corrected chi connectivity index (χ1v) is 7.36. The van der Waals surface area contributed by atoms with E-state index in [4.69, 9.17) is 9.47 Å². The average Bonchev–Trinajstić information content (AvgIpc) is 2.35. The van der Waals surface area contributed by atoms with E-state index in [2.05, 4.69) is 0 Å². The van der Waals surface area contributed by atoms with Crippen LogP contribution in [0.4, 0.5) is 0 Å². The van der Waals surface area contributed by atoms with E-state index >= 15 is 0 Å². The van der Waals surface area contributed by atoms with Crippen LogP contribution in [0.25, 0.3) is 0 Å². The highest BCUT2D eigenvalue weighted by atomic mass is 28.3. The fourth-order valence-corrected chi connectivity index (χ4v) is 3.42. The molecule has 0 bridgehead atoms. The molecular formula is C12H20O3Si. The molecular weight excluding hydrogens is 220 g/mol. The zero-order chi connectivity index (χ0) is 12.0. The van der Waals surface area contributed by atoms with Crippen molar-refractivity contribution < 1.29 is 14.3 Å². The fraction of sp³-hybridized carbons (Fsp3) is 0.500. The molecule has 1 aromatic carbocycles. The molecule has 0 radical (unpaired) electrons. The molecule has 0 spiro atoms. The molecule has 16 heavy (non-hydrogen) atoms. The summed E-state index contributed by atoms with van der Waals surface area (Å²) < 4.78 is 10.7. The van der Waals surface area contributed by atoms with E-state index < -0.39 is 9.04 Å². The highest BCUT2D eigenvalue weighted by Crippen LogP contribution is 2.06. The summed E-state index contributed by atoms with van der Waals surface area (Å²) in [5, 5.41) is 1.01. The Morgan fingerprint density at radius 2 is 1.94 bits per heavy atom. The van der Waals surface area contributed by atoms with Crippen molar-refractivity contribution in [2.24, 2.45) is 0 Å². The summed E-state index contributed by atoms with van der Waals surface area (Å²) in [5.74, 6) is 0. The zero-order valence-corrected chi connectivity index (χ0v) is 11.2. The maximum absolute atomic E-state index is 10.3. The standard InChI is InChI=1S/C12H20O3Si/c1-4-12(15-10(2)14-3)16(13)11-8-6-5-7-9-11/h5-10,12-13,16H,4H2,1-3H3. The Morgan fingerprint density at radius 3 is 2.44 bits per heavy atom. The van der Waals surface area contributed by atoms with E-state index in [1.807, 2.05) is 44.2 Å². The first-order valence-electron chi connectivity index (χ1n) is 5.60. The Morgan fingerprint density at radius 1 is 1.31 bits per heavy atom. The van der Waals surface area contributed by atoms with Crippen LogP contribution in [0.5, 0.6) is 0 Å². The lowest BCUT2D eigenvalue weighted by Gasteiger charge is -2.23. The lowest BCUT2D eigenvalue weighted by atomic mass is 10.4. The second kappa shape index (κ2) is 6.80. The summed E-state index contributed by atoms with van der Waals surface area (Å²) in [6.45, 7) is 3.86. The van der Waals surface area contributed by atoms with Crippen molar-refractivity contribution in [3.8, 4) is 0 Å². The van der Waals surface area contributed by atoms with Gasteiger partial charge in [-0.3, -0.25) is 0 Å². The van der Waals surface area contributed by atoms with Gasteiger partial charge in [0.1, 0.15) is 0 Å². The number of benzene rings is 1. The Balaban J connectivity index is 2.66. The maximum atomic E-state index is 10.3. The normalized spacial score (nSPS) is 16.8. The van der Waals surface area contributed by atoms with Gasteiger partial charge in [0.15, 0.2) is 6.29 Å². The summed E-state index contributed by atoms with van der Waals surface area (Å²) in [5.41, 5.74) is -0.0997. The average molecular weight is 240 g/mol. The molecule has 0 fully saturated rings. The SMILES string of the molecule is CCC(OC(C)OC)[SiH](O)c1ccccc1. The molecule has 0 aromatic heterocycles. The van der Waals surface area contributed by atoms with E-state index in [0.29, 0.717) is 0 Å². The predicted octanol–water partition coefficient (Wildman–Crippen LogP) is 0.936. The van der Waals surface area contributed by atoms with E-state index in [0.717, 1.165) is 11.6 Å². The first-order chi connectivity index (χ1) is 7.69. The lowest BCUT2D eigenvalue weighted by Crippen LogP contribution is -2.45. The summed E-state index contributed by atoms with van der Waals surface area (Å²) >= 11 is 0. The molecule has 0 aliphatic carbocycles. The van der Waals surface area contributed by atoms with Crippen LogP contribution in [0.15, 0.2) is 30.3 Å². The largest absolute Gasteiger partial charge is 0.428 e. The van der Waals surface area contributed by atoms with Gasteiger partial charge in [-0.15, -0.1) is 0 Å². The van der Waals surface area contributed by atoms with Crippen molar-refractivity contribution >= 4 is 14.2 Å². The minimum atomic E-state index is -2.05. The van der Waals surface area contributed by atoms with Crippen LogP contribution < -0.4 is 5.19 Å². The van der Waals surface area contributed by atoms with Crippen LogP contribution in [0.1, 0.15) is 20.3 Å². The van der Waals surface area contributed by atoms with E-state index in [-0.39, 0.29) is 12.0 Å². The van der Waals surface area contributed by atoms with Gasteiger partial charge in [-0.2, -0.15) is 0 Å². The van der Waals surface area contributed by atoms with Gasteiger partial charge in [0.25, 0.3) is 0 Å². The lowest BCUT2D eigenvalue weighted by molar-refractivity contribution is -0.126. The number of hydrogen-bond acceptors (Lipinski definition) is 3. The van der Waals surface area contributed by atoms with Gasteiger partial charge in [-0.1, -0.05) is 37.3 Å². The third-order valence-corrected chi connectivity index (χ3v) is 4.99. The van der Waals surface area contributed by atoms with Gasteiger partial charge in [-0.05, 0) is 18.5 Å². The molecule has 90 valence electrons. The molecule has 0 amide bonds. The third-order valence-electron chi connectivity index (χ3n) is 2.59. The molecule has 1 rings (SSSR count). The van der Waals surface area contributed by atoms with Crippen LogP contribution in [-0.4, -0.2) is 33.0 Å². The topological polar surface area (TPSA) is 38.7 Å². The fourth-order valence-electron chi connectivity index (χ4n) is 1.56. The van der Waals surface area contributed by atoms with E-state index in [1.165, 1.54) is 0 Å². The molecule has 0 aliphatic heterocycles. The van der Waals surface area contributed by atoms with Gasteiger partial charge in [0.2, 0.25) is 9.04 Å². The highest BCUT2D eigenvalue weighted by molar-refractivity contribution is 6.67. The third kappa shape index (κ3) is 3.72. The molecule has 0 saturated heterocycles. The van der Waals surface area contributed by atoms with Crippen LogP contribution in [0.3, 0.4) is 0 Å². The summed E-state index contributed by atoms with van der Waals surface area (Å²) in [6, 6.07) is 9.75. The number of hydrogen-bond donors (Lipinski definition) is 1. The van der Waals surface area contributed by atoms with Crippen molar-refractivity contribution in [3.05, 3.63) is 30.3 Å². The first kappa shape index (κ1) is 13.4. The zero-order valence-electron chi connectivity index (χ0n) is 10.1. The second-order valence-corrected chi connectivity index (χ2v) is 6.04. The second-order valence-electron chi connectivity index (χ2n) is 3.74. The van der Waals surface area contributed by atoms with Gasteiger partial charge in [-0.25, -0.2) is 0 Å². The Hall–Kier alpha value is -0.683. The molecule has 3 nitrogen and oxygen atoms in total. The van der Waals surface area contributed by atoms with Crippen LogP contribution in [0, 0.1) is 0 Å². The van der Waals surface area contributed by atoms with Crippen molar-refractivity contribution in [3.63, 3.8) is 0 Å². The molecule has 3 unspecified atom stereocenters. The Kier molecular flexibility index (Phi) is 5.69. The summed E-state index contributed by atoms with van der Waals surface area (Å²) in [6.07, 6.45) is 0.534. The van der Waals surface area contributed by atoms with Crippen LogP contribution >= 0.6 is 0 Å². The summed E-state index contributed by atoms with van der Waals surface area (Å²) in [4.78, 5) is 10.3. The summed E-state index contributed by atoms with van der Waals surface area (Å²) in [7, 11) is -0.443. The quantitative estimate of drug-likeness (QED) is 0.594. The molecule has 4 heteroatoms. The molecule has 0 saturated carbocycles. The highest BCUT2D eigenvalue weighted by Gasteiger charge is 2.24. The van der Waals surface area contributed by atoms with Crippen molar-refractivity contribution in [1.29, 1.82) is 0 Å². The van der Waals surface area contributed by atoms with Crippen molar-refractivity contribution in [2.75, 3.05) is 7.11 Å². The smallest absolute Gasteiger partial charge is 0.232 e. The van der Waals surface area contributed by atoms with Gasteiger partial charge in [0.05, 0.1) is 5.73 Å². The monoisotopic (exact) mass is 240 g/mol. The molecule has 3 atom stereocenters. The number of ether oxygens (including phenoxy) is 2. The number of rotatable bonds is 6. The molecule has 0 aliphatic rings. The minimum Gasteiger partial charge on any atom is -0.428 e. The minimum absolute atomic E-state index is 0.0997. The predicted molar refractivity (Wildman–Crippen MR) is 67.1 cm³/mol. The Labute approximate surface area is 98.7 Å². The molecule has 1 aromatic rings. The molecule has 1 N–H and O–H groups in total. The van der Waals surface area contributed by atoms with Crippen molar-refractivity contribution in [1.82, 2.24) is 0 Å². The number of methoxy groups -OCH3 is 1. The molecule has 0 heterocycles.